The number of hydrogen-bond acceptors (Lipinski definition) is 4. The second-order valence-electron chi connectivity index (χ2n) is 4.03. The summed E-state index contributed by atoms with van der Waals surface area (Å²) in [7, 11) is 1.84. The first kappa shape index (κ1) is 18.7. The van der Waals surface area contributed by atoms with Gasteiger partial charge in [-0.2, -0.15) is 0 Å². The number of hydrogen-bond donors (Lipinski definition) is 3. The molecule has 1 rings (SSSR count). The van der Waals surface area contributed by atoms with Gasteiger partial charge in [0.2, 0.25) is 5.91 Å². The normalized spacial score (nSPS) is 15.6. The minimum absolute atomic E-state index is 0.139. The number of aliphatic hydroxyl groups excluding tert-OH is 3. The predicted octanol–water partition coefficient (Wildman–Crippen LogP) is 0.377. The van der Waals surface area contributed by atoms with Crippen LogP contribution in [-0.4, -0.2) is 59.0 Å². The summed E-state index contributed by atoms with van der Waals surface area (Å²) in [6, 6.07) is 0. The van der Waals surface area contributed by atoms with Crippen molar-refractivity contribution in [3.63, 3.8) is 0 Å². The molecule has 3 N–H and O–H groups in total. The highest BCUT2D eigenvalue weighted by Gasteiger charge is 2.14. The molecule has 1 heterocycles. The third kappa shape index (κ3) is 15.4. The van der Waals surface area contributed by atoms with Gasteiger partial charge in [0.05, 0.1) is 12.7 Å². The lowest BCUT2D eigenvalue weighted by Gasteiger charge is -2.03. The number of carbonyl (C=O) groups is 1. The Kier molecular flexibility index (Phi) is 14.8. The SMILES string of the molecule is CC(O)CO.CCCCO.CN1CCCC1=O. The molecule has 1 aliphatic heterocycles. The molecule has 1 saturated heterocycles. The molecule has 0 aromatic heterocycles. The van der Waals surface area contributed by atoms with Crippen LogP contribution in [0.1, 0.15) is 39.5 Å². The fourth-order valence-corrected chi connectivity index (χ4v) is 0.941. The van der Waals surface area contributed by atoms with Gasteiger partial charge in [-0.1, -0.05) is 13.3 Å². The van der Waals surface area contributed by atoms with E-state index >= 15 is 0 Å². The maximum atomic E-state index is 10.5. The van der Waals surface area contributed by atoms with Gasteiger partial charge in [0.1, 0.15) is 0 Å². The summed E-state index contributed by atoms with van der Waals surface area (Å²) in [6.07, 6.45) is 3.29. The van der Waals surface area contributed by atoms with Gasteiger partial charge in [-0.05, 0) is 19.8 Å². The van der Waals surface area contributed by atoms with Crippen molar-refractivity contribution in [2.45, 2.75) is 45.6 Å². The van der Waals surface area contributed by atoms with E-state index in [1.807, 2.05) is 7.05 Å². The first-order valence-electron chi connectivity index (χ1n) is 6.13. The van der Waals surface area contributed by atoms with Gasteiger partial charge in [0, 0.05) is 26.6 Å². The standard InChI is InChI=1S/C5H9NO.C4H10O.C3H8O2/c1-6-4-2-3-5(6)7;1-2-3-4-5;1-3(5)2-4/h2-4H2,1H3;5H,2-4H2,1H3;3-5H,2H2,1H3. The summed E-state index contributed by atoms with van der Waals surface area (Å²) in [4.78, 5) is 12.3. The Bertz CT molecular complexity index is 172. The largest absolute Gasteiger partial charge is 0.396 e. The average molecular weight is 249 g/mol. The van der Waals surface area contributed by atoms with Crippen LogP contribution in [0.2, 0.25) is 0 Å². The molecule has 1 aliphatic rings. The summed E-state index contributed by atoms with van der Waals surface area (Å²) >= 11 is 0. The monoisotopic (exact) mass is 249 g/mol. The van der Waals surface area contributed by atoms with Gasteiger partial charge in [0.25, 0.3) is 0 Å². The van der Waals surface area contributed by atoms with E-state index in [1.165, 1.54) is 6.92 Å². The van der Waals surface area contributed by atoms with Crippen molar-refractivity contribution in [3.05, 3.63) is 0 Å². The number of likely N-dealkylation sites (tertiary alicyclic amines) is 1. The van der Waals surface area contributed by atoms with Gasteiger partial charge in [0.15, 0.2) is 0 Å². The summed E-state index contributed by atoms with van der Waals surface area (Å²) in [5.74, 6) is 0.292. The smallest absolute Gasteiger partial charge is 0.222 e. The lowest BCUT2D eigenvalue weighted by Crippen LogP contribution is -2.17. The van der Waals surface area contributed by atoms with E-state index in [9.17, 15) is 4.79 Å². The van der Waals surface area contributed by atoms with E-state index in [1.54, 1.807) is 4.90 Å². The average Bonchev–Trinajstić information content (AvgIpc) is 2.66. The molecule has 104 valence electrons. The number of amides is 1. The molecule has 0 aliphatic carbocycles. The van der Waals surface area contributed by atoms with Crippen molar-refractivity contribution >= 4 is 5.91 Å². The van der Waals surface area contributed by atoms with Crippen molar-refractivity contribution in [2.24, 2.45) is 0 Å². The second kappa shape index (κ2) is 13.4. The molecule has 17 heavy (non-hydrogen) atoms. The van der Waals surface area contributed by atoms with Crippen molar-refractivity contribution in [2.75, 3.05) is 26.8 Å². The van der Waals surface area contributed by atoms with Gasteiger partial charge >= 0.3 is 0 Å². The molecule has 1 atom stereocenters. The van der Waals surface area contributed by atoms with Crippen LogP contribution in [0, 0.1) is 0 Å². The Balaban J connectivity index is 0. The number of nitrogens with zero attached hydrogens (tertiary/aromatic N) is 1. The molecule has 5 heteroatoms. The fourth-order valence-electron chi connectivity index (χ4n) is 0.941. The third-order valence-corrected chi connectivity index (χ3v) is 2.09. The second-order valence-corrected chi connectivity index (χ2v) is 4.03. The highest BCUT2D eigenvalue weighted by atomic mass is 16.3. The molecule has 0 aromatic rings. The molecular formula is C12H27NO4. The van der Waals surface area contributed by atoms with E-state index in [0.29, 0.717) is 12.5 Å². The first-order chi connectivity index (χ1) is 7.99. The molecule has 5 nitrogen and oxygen atoms in total. The van der Waals surface area contributed by atoms with Gasteiger partial charge in [-0.25, -0.2) is 0 Å². The summed E-state index contributed by atoms with van der Waals surface area (Å²) < 4.78 is 0. The van der Waals surface area contributed by atoms with Crippen LogP contribution in [0.3, 0.4) is 0 Å². The van der Waals surface area contributed by atoms with Crippen molar-refractivity contribution in [3.8, 4) is 0 Å². The Morgan fingerprint density at radius 2 is 1.94 bits per heavy atom. The zero-order valence-corrected chi connectivity index (χ0v) is 11.2. The maximum absolute atomic E-state index is 10.5. The molecule has 0 aromatic carbocycles. The van der Waals surface area contributed by atoms with E-state index < -0.39 is 6.10 Å². The Morgan fingerprint density at radius 1 is 1.41 bits per heavy atom. The highest BCUT2D eigenvalue weighted by molar-refractivity contribution is 5.77. The minimum atomic E-state index is -0.560. The van der Waals surface area contributed by atoms with Gasteiger partial charge < -0.3 is 20.2 Å². The van der Waals surface area contributed by atoms with Crippen LogP contribution in [0.5, 0.6) is 0 Å². The van der Waals surface area contributed by atoms with E-state index in [4.69, 9.17) is 15.3 Å². The van der Waals surface area contributed by atoms with E-state index in [-0.39, 0.29) is 6.61 Å². The van der Waals surface area contributed by atoms with Crippen LogP contribution < -0.4 is 0 Å². The van der Waals surface area contributed by atoms with E-state index in [0.717, 1.165) is 32.2 Å². The lowest BCUT2D eigenvalue weighted by atomic mass is 10.4. The summed E-state index contributed by atoms with van der Waals surface area (Å²) in [5.41, 5.74) is 0. The van der Waals surface area contributed by atoms with Crippen LogP contribution in [0.15, 0.2) is 0 Å². The minimum Gasteiger partial charge on any atom is -0.396 e. The number of carbonyl (C=O) groups excluding carboxylic acids is 1. The summed E-state index contributed by atoms with van der Waals surface area (Å²) in [5, 5.41) is 24.1. The maximum Gasteiger partial charge on any atom is 0.222 e. The van der Waals surface area contributed by atoms with Crippen molar-refractivity contribution in [1.82, 2.24) is 4.90 Å². The van der Waals surface area contributed by atoms with Crippen LogP contribution in [-0.2, 0) is 4.79 Å². The molecule has 0 radical (unpaired) electrons. The predicted molar refractivity (Wildman–Crippen MR) is 67.6 cm³/mol. The number of unbranched alkanes of at least 4 members (excludes halogenated alkanes) is 1. The molecular weight excluding hydrogens is 222 g/mol. The molecule has 1 amide bonds. The Morgan fingerprint density at radius 3 is 2.00 bits per heavy atom. The fraction of sp³-hybridized carbons (Fsp3) is 0.917. The van der Waals surface area contributed by atoms with Crippen LogP contribution >= 0.6 is 0 Å². The number of rotatable bonds is 3. The molecule has 0 saturated carbocycles. The van der Waals surface area contributed by atoms with E-state index in [2.05, 4.69) is 6.92 Å². The third-order valence-electron chi connectivity index (χ3n) is 2.09. The topological polar surface area (TPSA) is 81.0 Å². The zero-order valence-electron chi connectivity index (χ0n) is 11.2. The Labute approximate surface area is 104 Å². The molecule has 1 fully saturated rings. The molecule has 0 spiro atoms. The zero-order chi connectivity index (χ0) is 13.7. The van der Waals surface area contributed by atoms with Crippen molar-refractivity contribution in [1.29, 1.82) is 0 Å². The first-order valence-corrected chi connectivity index (χ1v) is 6.13. The van der Waals surface area contributed by atoms with Crippen LogP contribution in [0.25, 0.3) is 0 Å². The number of aliphatic hydroxyl groups is 3. The Hall–Kier alpha value is -0.650. The van der Waals surface area contributed by atoms with Crippen molar-refractivity contribution < 1.29 is 20.1 Å². The van der Waals surface area contributed by atoms with Gasteiger partial charge in [-0.3, -0.25) is 4.79 Å². The lowest BCUT2D eigenvalue weighted by molar-refractivity contribution is -0.126. The highest BCUT2D eigenvalue weighted by Crippen LogP contribution is 2.04. The van der Waals surface area contributed by atoms with Gasteiger partial charge in [-0.15, -0.1) is 0 Å². The summed E-state index contributed by atoms with van der Waals surface area (Å²) in [6.45, 7) is 4.74. The molecule has 0 bridgehead atoms. The molecule has 1 unspecified atom stereocenters. The van der Waals surface area contributed by atoms with Crippen LogP contribution in [0.4, 0.5) is 0 Å². The quantitative estimate of drug-likeness (QED) is 0.675.